The zero-order chi connectivity index (χ0) is 25.1. The first kappa shape index (κ1) is 24.2. The summed E-state index contributed by atoms with van der Waals surface area (Å²) in [6.07, 6.45) is 5.22. The van der Waals surface area contributed by atoms with Gasteiger partial charge in [0.2, 0.25) is 0 Å². The van der Waals surface area contributed by atoms with Gasteiger partial charge in [-0.25, -0.2) is 0 Å². The van der Waals surface area contributed by atoms with Crippen LogP contribution in [0.1, 0.15) is 64.2 Å². The Morgan fingerprint density at radius 2 is 1.61 bits per heavy atom. The average Bonchev–Trinajstić information content (AvgIpc) is 2.89. The maximum atomic E-state index is 13.0. The van der Waals surface area contributed by atoms with Gasteiger partial charge in [-0.15, -0.1) is 0 Å². The number of phenols is 3. The molecule has 1 atom stereocenters. The first-order valence-corrected chi connectivity index (χ1v) is 12.8. The van der Waals surface area contributed by atoms with Crippen molar-refractivity contribution < 1.29 is 24.9 Å². The van der Waals surface area contributed by atoms with Gasteiger partial charge in [0.1, 0.15) is 18.1 Å². The Hall–Kier alpha value is -3.51. The molecule has 0 spiro atoms. The van der Waals surface area contributed by atoms with Gasteiger partial charge < -0.3 is 20.1 Å². The molecule has 0 aromatic heterocycles. The van der Waals surface area contributed by atoms with E-state index in [1.54, 1.807) is 18.2 Å². The predicted octanol–water partition coefficient (Wildman–Crippen LogP) is 5.17. The van der Waals surface area contributed by atoms with E-state index in [-0.39, 0.29) is 40.9 Å². The molecule has 0 saturated carbocycles. The number of hydrogen-bond donors (Lipinski definition) is 3. The fourth-order valence-electron chi connectivity index (χ4n) is 5.47. The highest BCUT2D eigenvalue weighted by Crippen LogP contribution is 2.43. The zero-order valence-corrected chi connectivity index (χ0v) is 20.4. The second-order valence-corrected chi connectivity index (χ2v) is 9.95. The van der Waals surface area contributed by atoms with E-state index in [0.29, 0.717) is 19.4 Å². The summed E-state index contributed by atoms with van der Waals surface area (Å²) in [6.45, 7) is 3.92. The lowest BCUT2D eigenvalue weighted by Crippen LogP contribution is -2.33. The number of likely N-dealkylation sites (tertiary alicyclic amines) is 1. The molecule has 6 nitrogen and oxygen atoms in total. The number of phenolic OH excluding ortho intramolecular Hbond substituents is 3. The average molecular weight is 488 g/mol. The number of ketones is 1. The van der Waals surface area contributed by atoms with Crippen molar-refractivity contribution in [2.24, 2.45) is 0 Å². The Morgan fingerprint density at radius 3 is 2.33 bits per heavy atom. The number of hydrogen-bond acceptors (Lipinski definition) is 6. The van der Waals surface area contributed by atoms with E-state index >= 15 is 0 Å². The van der Waals surface area contributed by atoms with Crippen LogP contribution in [0.4, 0.5) is 0 Å². The summed E-state index contributed by atoms with van der Waals surface area (Å²) in [6, 6.07) is 16.4. The van der Waals surface area contributed by atoms with Crippen LogP contribution in [0.5, 0.6) is 23.0 Å². The quantitative estimate of drug-likeness (QED) is 0.398. The molecule has 3 aromatic rings. The van der Waals surface area contributed by atoms with Gasteiger partial charge in [0.25, 0.3) is 0 Å². The second kappa shape index (κ2) is 10.6. The molecule has 3 aromatic carbocycles. The van der Waals surface area contributed by atoms with Crippen molar-refractivity contribution in [3.63, 3.8) is 0 Å². The molecule has 6 heteroatoms. The second-order valence-electron chi connectivity index (χ2n) is 9.95. The third-order valence-electron chi connectivity index (χ3n) is 7.45. The molecule has 0 radical (unpaired) electrons. The summed E-state index contributed by atoms with van der Waals surface area (Å²) in [5, 5.41) is 30.5. The van der Waals surface area contributed by atoms with Gasteiger partial charge in [0.15, 0.2) is 17.3 Å². The molecule has 2 aliphatic rings. The van der Waals surface area contributed by atoms with Crippen molar-refractivity contribution in [2.75, 3.05) is 26.2 Å². The van der Waals surface area contributed by atoms with Crippen molar-refractivity contribution in [1.29, 1.82) is 0 Å². The standard InChI is InChI=1S/C30H33NO5/c32-24-8-6-21(7-9-24)22-17-26-23(19-28(34)30(35)29(26)27(33)18-22)16-20-4-10-25(11-5-20)36-15-14-31-12-2-1-3-13-31/h4-11,19,22,32,34-35H,1-3,12-18H2. The molecule has 188 valence electrons. The van der Waals surface area contributed by atoms with Gasteiger partial charge in [0.05, 0.1) is 5.56 Å². The summed E-state index contributed by atoms with van der Waals surface area (Å²) in [5.41, 5.74) is 3.84. The smallest absolute Gasteiger partial charge is 0.168 e. The van der Waals surface area contributed by atoms with Gasteiger partial charge in [-0.2, -0.15) is 0 Å². The molecule has 1 unspecified atom stereocenters. The van der Waals surface area contributed by atoms with Crippen LogP contribution in [0.15, 0.2) is 54.6 Å². The highest BCUT2D eigenvalue weighted by Gasteiger charge is 2.32. The molecule has 36 heavy (non-hydrogen) atoms. The highest BCUT2D eigenvalue weighted by atomic mass is 16.5. The van der Waals surface area contributed by atoms with E-state index in [1.165, 1.54) is 19.3 Å². The Balaban J connectivity index is 1.31. The topological polar surface area (TPSA) is 90.2 Å². The summed E-state index contributed by atoms with van der Waals surface area (Å²) >= 11 is 0. The molecular formula is C30H33NO5. The summed E-state index contributed by atoms with van der Waals surface area (Å²) in [4.78, 5) is 15.5. The van der Waals surface area contributed by atoms with E-state index in [2.05, 4.69) is 4.90 Å². The number of carbonyl (C=O) groups excluding carboxylic acids is 1. The number of carbonyl (C=O) groups is 1. The van der Waals surface area contributed by atoms with Crippen molar-refractivity contribution in [3.05, 3.63) is 82.4 Å². The lowest BCUT2D eigenvalue weighted by atomic mass is 9.76. The lowest BCUT2D eigenvalue weighted by Gasteiger charge is -2.27. The minimum atomic E-state index is -0.333. The van der Waals surface area contributed by atoms with Crippen molar-refractivity contribution in [3.8, 4) is 23.0 Å². The van der Waals surface area contributed by atoms with Crippen molar-refractivity contribution in [1.82, 2.24) is 4.90 Å². The monoisotopic (exact) mass is 487 g/mol. The van der Waals surface area contributed by atoms with E-state index in [9.17, 15) is 20.1 Å². The molecule has 0 amide bonds. The molecule has 1 heterocycles. The van der Waals surface area contributed by atoms with Gasteiger partial charge in [-0.1, -0.05) is 30.7 Å². The van der Waals surface area contributed by atoms with Crippen LogP contribution in [0.3, 0.4) is 0 Å². The minimum absolute atomic E-state index is 0.0519. The van der Waals surface area contributed by atoms with E-state index < -0.39 is 0 Å². The molecule has 3 N–H and O–H groups in total. The first-order valence-electron chi connectivity index (χ1n) is 12.8. The minimum Gasteiger partial charge on any atom is -0.508 e. The highest BCUT2D eigenvalue weighted by molar-refractivity contribution is 6.02. The molecule has 1 fully saturated rings. The Bertz CT molecular complexity index is 1210. The number of rotatable bonds is 7. The largest absolute Gasteiger partial charge is 0.508 e. The Labute approximate surface area is 211 Å². The van der Waals surface area contributed by atoms with E-state index in [4.69, 9.17) is 4.74 Å². The maximum Gasteiger partial charge on any atom is 0.168 e. The molecular weight excluding hydrogens is 454 g/mol. The van der Waals surface area contributed by atoms with Gasteiger partial charge >= 0.3 is 0 Å². The number of ether oxygens (including phenoxy) is 1. The molecule has 5 rings (SSSR count). The molecule has 1 aliphatic heterocycles. The van der Waals surface area contributed by atoms with Gasteiger partial charge in [-0.05, 0) is 97.3 Å². The summed E-state index contributed by atoms with van der Waals surface area (Å²) in [5.74, 6) is 0.181. The lowest BCUT2D eigenvalue weighted by molar-refractivity contribution is 0.0960. The third-order valence-corrected chi connectivity index (χ3v) is 7.45. The Morgan fingerprint density at radius 1 is 0.889 bits per heavy atom. The van der Waals surface area contributed by atoms with Crippen LogP contribution in [0.25, 0.3) is 0 Å². The third kappa shape index (κ3) is 5.34. The normalized spacial score (nSPS) is 18.1. The fraction of sp³-hybridized carbons (Fsp3) is 0.367. The molecule has 1 aliphatic carbocycles. The number of benzene rings is 3. The van der Waals surface area contributed by atoms with Crippen LogP contribution in [0.2, 0.25) is 0 Å². The predicted molar refractivity (Wildman–Crippen MR) is 138 cm³/mol. The number of piperidine rings is 1. The van der Waals surface area contributed by atoms with Gasteiger partial charge in [0, 0.05) is 13.0 Å². The van der Waals surface area contributed by atoms with Crippen LogP contribution in [-0.2, 0) is 12.8 Å². The first-order chi connectivity index (χ1) is 17.5. The number of Topliss-reactive ketones (excluding diaryl/α,β-unsaturated/α-hetero) is 1. The molecule has 0 bridgehead atoms. The Kier molecular flexibility index (Phi) is 7.14. The number of aromatic hydroxyl groups is 3. The maximum absolute atomic E-state index is 13.0. The van der Waals surface area contributed by atoms with Crippen molar-refractivity contribution in [2.45, 2.75) is 44.4 Å². The molecule has 1 saturated heterocycles. The number of nitrogens with zero attached hydrogens (tertiary/aromatic N) is 1. The summed E-state index contributed by atoms with van der Waals surface area (Å²) < 4.78 is 5.95. The van der Waals surface area contributed by atoms with Crippen molar-refractivity contribution >= 4 is 5.78 Å². The zero-order valence-electron chi connectivity index (χ0n) is 20.4. The fourth-order valence-corrected chi connectivity index (χ4v) is 5.47. The van der Waals surface area contributed by atoms with Crippen LogP contribution >= 0.6 is 0 Å². The van der Waals surface area contributed by atoms with Crippen LogP contribution < -0.4 is 4.74 Å². The SMILES string of the molecule is O=C1CC(c2ccc(O)cc2)Cc2c(Cc3ccc(OCCN4CCCCC4)cc3)cc(O)c(O)c21. The van der Waals surface area contributed by atoms with Crippen LogP contribution in [-0.4, -0.2) is 52.2 Å². The number of fused-ring (bicyclic) bond motifs is 1. The van der Waals surface area contributed by atoms with Crippen LogP contribution in [0, 0.1) is 0 Å². The van der Waals surface area contributed by atoms with Gasteiger partial charge in [-0.3, -0.25) is 9.69 Å². The van der Waals surface area contributed by atoms with E-state index in [1.807, 2.05) is 36.4 Å². The summed E-state index contributed by atoms with van der Waals surface area (Å²) in [7, 11) is 0. The van der Waals surface area contributed by atoms with E-state index in [0.717, 1.165) is 47.6 Å².